The Kier molecular flexibility index (Phi) is 5.43. The van der Waals surface area contributed by atoms with Gasteiger partial charge in [0.05, 0.1) is 26.9 Å². The average Bonchev–Trinajstić information content (AvgIpc) is 3.51. The molecule has 3 heterocycles. The third-order valence-corrected chi connectivity index (χ3v) is 7.64. The summed E-state index contributed by atoms with van der Waals surface area (Å²) < 4.78 is 6.20. The van der Waals surface area contributed by atoms with Gasteiger partial charge < -0.3 is 9.73 Å². The Bertz CT molecular complexity index is 1460. The molecule has 0 fully saturated rings. The molecule has 0 unspecified atom stereocenters. The highest BCUT2D eigenvalue weighted by Crippen LogP contribution is 2.39. The fourth-order valence-electron chi connectivity index (χ4n) is 4.05. The lowest BCUT2D eigenvalue weighted by molar-refractivity contribution is -0.384. The Hall–Kier alpha value is -3.57. The normalized spacial score (nSPS) is 13.1. The van der Waals surface area contributed by atoms with E-state index in [1.165, 1.54) is 34.8 Å². The summed E-state index contributed by atoms with van der Waals surface area (Å²) in [4.78, 5) is 50.5. The van der Waals surface area contributed by atoms with E-state index in [0.29, 0.717) is 15.4 Å². The number of rotatable bonds is 6. The maximum atomic E-state index is 13.2. The number of carbonyl (C=O) groups is 2. The number of nitro benzene ring substituents is 1. The minimum absolute atomic E-state index is 0.0298. The quantitative estimate of drug-likeness (QED) is 0.247. The van der Waals surface area contributed by atoms with Crippen LogP contribution < -0.4 is 11.1 Å². The number of ketones is 1. The number of aromatic nitrogens is 1. The molecule has 1 aliphatic rings. The smallest absolute Gasteiger partial charge is 0.407 e. The Morgan fingerprint density at radius 1 is 1.21 bits per heavy atom. The minimum atomic E-state index is -0.791. The van der Waals surface area contributed by atoms with Crippen LogP contribution in [0, 0.1) is 10.1 Å². The number of hydrogen-bond acceptors (Lipinski definition) is 8. The Morgan fingerprint density at radius 2 is 2.03 bits per heavy atom. The van der Waals surface area contributed by atoms with Crippen LogP contribution in [0.15, 0.2) is 44.9 Å². The molecule has 5 rings (SSSR count). The molecule has 1 N–H and O–H groups in total. The first-order valence-electron chi connectivity index (χ1n) is 10.2. The molecule has 9 nitrogen and oxygen atoms in total. The summed E-state index contributed by atoms with van der Waals surface area (Å²) in [5.74, 6) is -1.39. The van der Waals surface area contributed by atoms with Crippen molar-refractivity contribution in [2.75, 3.05) is 5.32 Å². The van der Waals surface area contributed by atoms with Crippen LogP contribution in [0.3, 0.4) is 0 Å². The third kappa shape index (κ3) is 3.89. The van der Waals surface area contributed by atoms with Crippen LogP contribution in [-0.4, -0.2) is 21.2 Å². The molecule has 0 radical (unpaired) electrons. The van der Waals surface area contributed by atoms with Crippen molar-refractivity contribution in [2.45, 2.75) is 32.2 Å². The van der Waals surface area contributed by atoms with Crippen molar-refractivity contribution in [1.82, 2.24) is 4.57 Å². The van der Waals surface area contributed by atoms with Crippen LogP contribution in [0.4, 0.5) is 10.7 Å². The molecule has 3 aromatic heterocycles. The number of thiophene rings is 2. The zero-order valence-corrected chi connectivity index (χ0v) is 18.8. The van der Waals surface area contributed by atoms with Gasteiger partial charge in [0, 0.05) is 10.9 Å². The second kappa shape index (κ2) is 8.41. The SMILES string of the molecule is O=C(Cn1c(=O)oc2cc([N+](=O)[O-])ccc21)Nc1sc2c(c1C(=O)c1cccs1)CCCC2. The summed E-state index contributed by atoms with van der Waals surface area (Å²) in [6.07, 6.45) is 3.68. The first kappa shape index (κ1) is 21.3. The number of amides is 1. The van der Waals surface area contributed by atoms with Gasteiger partial charge in [-0.3, -0.25) is 24.3 Å². The molecule has 0 bridgehead atoms. The van der Waals surface area contributed by atoms with Crippen molar-refractivity contribution in [2.24, 2.45) is 0 Å². The van der Waals surface area contributed by atoms with E-state index in [1.807, 2.05) is 11.4 Å². The number of non-ortho nitro benzene ring substituents is 1. The van der Waals surface area contributed by atoms with E-state index in [2.05, 4.69) is 5.32 Å². The van der Waals surface area contributed by atoms with Crippen molar-refractivity contribution in [3.05, 3.63) is 77.3 Å². The molecule has 0 spiro atoms. The van der Waals surface area contributed by atoms with Crippen molar-refractivity contribution < 1.29 is 18.9 Å². The second-order valence-electron chi connectivity index (χ2n) is 7.63. The fraction of sp³-hybridized carbons (Fsp3) is 0.227. The summed E-state index contributed by atoms with van der Waals surface area (Å²) in [6, 6.07) is 7.35. The number of oxazole rings is 1. The number of nitro groups is 1. The topological polar surface area (TPSA) is 124 Å². The van der Waals surface area contributed by atoms with E-state index in [9.17, 15) is 24.5 Å². The largest absolute Gasteiger partial charge is 0.420 e. The van der Waals surface area contributed by atoms with Crippen molar-refractivity contribution in [3.63, 3.8) is 0 Å². The molecule has 168 valence electrons. The molecule has 1 amide bonds. The monoisotopic (exact) mass is 483 g/mol. The predicted molar refractivity (Wildman–Crippen MR) is 124 cm³/mol. The highest BCUT2D eigenvalue weighted by atomic mass is 32.1. The summed E-state index contributed by atoms with van der Waals surface area (Å²) in [5, 5.41) is 16.1. The predicted octanol–water partition coefficient (Wildman–Crippen LogP) is 4.37. The molecule has 0 atom stereocenters. The average molecular weight is 484 g/mol. The van der Waals surface area contributed by atoms with Gasteiger partial charge in [-0.25, -0.2) is 4.79 Å². The molecule has 1 aliphatic carbocycles. The van der Waals surface area contributed by atoms with E-state index in [0.717, 1.165) is 46.8 Å². The lowest BCUT2D eigenvalue weighted by Crippen LogP contribution is -2.25. The number of nitrogens with zero attached hydrogens (tertiary/aromatic N) is 2. The number of benzene rings is 1. The van der Waals surface area contributed by atoms with Crippen LogP contribution in [0.5, 0.6) is 0 Å². The first-order chi connectivity index (χ1) is 15.9. The maximum absolute atomic E-state index is 13.2. The number of nitrogens with one attached hydrogen (secondary N) is 1. The molecule has 4 aromatic rings. The zero-order chi connectivity index (χ0) is 23.1. The third-order valence-electron chi connectivity index (χ3n) is 5.56. The summed E-state index contributed by atoms with van der Waals surface area (Å²) in [6.45, 7) is -0.348. The van der Waals surface area contributed by atoms with Crippen LogP contribution in [0.25, 0.3) is 11.1 Å². The van der Waals surface area contributed by atoms with Crippen LogP contribution in [0.2, 0.25) is 0 Å². The van der Waals surface area contributed by atoms with E-state index >= 15 is 0 Å². The number of aryl methyl sites for hydroxylation is 1. The molecule has 0 saturated heterocycles. The lowest BCUT2D eigenvalue weighted by atomic mass is 9.93. The number of anilines is 1. The molecule has 33 heavy (non-hydrogen) atoms. The molecule has 0 saturated carbocycles. The zero-order valence-electron chi connectivity index (χ0n) is 17.2. The molecular formula is C22H17N3O6S2. The van der Waals surface area contributed by atoms with E-state index < -0.39 is 16.6 Å². The molecular weight excluding hydrogens is 466 g/mol. The van der Waals surface area contributed by atoms with Crippen LogP contribution in [0.1, 0.15) is 38.5 Å². The molecule has 1 aromatic carbocycles. The van der Waals surface area contributed by atoms with Crippen molar-refractivity contribution >= 4 is 56.2 Å². The van der Waals surface area contributed by atoms with Crippen LogP contribution in [-0.2, 0) is 24.2 Å². The standard InChI is InChI=1S/C22H17N3O6S2/c26-18(11-24-14-8-7-12(25(29)30)10-15(14)31-22(24)28)23-21-19(20(27)17-6-3-9-32-17)13-4-1-2-5-16(13)33-21/h3,6-10H,1-2,4-5,11H2,(H,23,26). The summed E-state index contributed by atoms with van der Waals surface area (Å²) in [5.41, 5.74) is 1.63. The Balaban J connectivity index is 1.46. The summed E-state index contributed by atoms with van der Waals surface area (Å²) in [7, 11) is 0. The van der Waals surface area contributed by atoms with Gasteiger partial charge in [-0.1, -0.05) is 6.07 Å². The first-order valence-corrected chi connectivity index (χ1v) is 11.9. The Labute approximate surface area is 194 Å². The van der Waals surface area contributed by atoms with E-state index in [4.69, 9.17) is 4.42 Å². The van der Waals surface area contributed by atoms with Gasteiger partial charge in [-0.2, -0.15) is 0 Å². The molecule has 11 heteroatoms. The van der Waals surface area contributed by atoms with Gasteiger partial charge in [0.15, 0.2) is 5.58 Å². The van der Waals surface area contributed by atoms with Gasteiger partial charge in [-0.15, -0.1) is 22.7 Å². The van der Waals surface area contributed by atoms with E-state index in [-0.39, 0.29) is 29.1 Å². The number of hydrogen-bond donors (Lipinski definition) is 1. The fourth-order valence-corrected chi connectivity index (χ4v) is 6.03. The van der Waals surface area contributed by atoms with Crippen LogP contribution >= 0.6 is 22.7 Å². The van der Waals surface area contributed by atoms with E-state index in [1.54, 1.807) is 6.07 Å². The second-order valence-corrected chi connectivity index (χ2v) is 9.69. The van der Waals surface area contributed by atoms with Gasteiger partial charge in [0.25, 0.3) is 5.69 Å². The highest BCUT2D eigenvalue weighted by Gasteiger charge is 2.28. The highest BCUT2D eigenvalue weighted by molar-refractivity contribution is 7.17. The van der Waals surface area contributed by atoms with Crippen molar-refractivity contribution in [1.29, 1.82) is 0 Å². The number of carbonyl (C=O) groups excluding carboxylic acids is 2. The van der Waals surface area contributed by atoms with Gasteiger partial charge in [0.2, 0.25) is 11.7 Å². The van der Waals surface area contributed by atoms with Gasteiger partial charge in [0.1, 0.15) is 11.5 Å². The Morgan fingerprint density at radius 3 is 2.79 bits per heavy atom. The maximum Gasteiger partial charge on any atom is 0.420 e. The summed E-state index contributed by atoms with van der Waals surface area (Å²) >= 11 is 2.76. The van der Waals surface area contributed by atoms with Gasteiger partial charge >= 0.3 is 5.76 Å². The lowest BCUT2D eigenvalue weighted by Gasteiger charge is -2.12. The van der Waals surface area contributed by atoms with Crippen molar-refractivity contribution in [3.8, 4) is 0 Å². The molecule has 0 aliphatic heterocycles. The minimum Gasteiger partial charge on any atom is -0.407 e. The van der Waals surface area contributed by atoms with Gasteiger partial charge in [-0.05, 0) is 48.8 Å². The number of fused-ring (bicyclic) bond motifs is 2.